The van der Waals surface area contributed by atoms with Crippen molar-refractivity contribution in [2.24, 2.45) is 0 Å². The number of para-hydroxylation sites is 1. The van der Waals surface area contributed by atoms with Gasteiger partial charge in [-0.25, -0.2) is 4.57 Å². The fourth-order valence-electron chi connectivity index (χ4n) is 6.58. The zero-order valence-electron chi connectivity index (χ0n) is 20.5. The highest BCUT2D eigenvalue weighted by Crippen LogP contribution is 2.40. The maximum absolute atomic E-state index is 2.85. The van der Waals surface area contributed by atoms with E-state index in [4.69, 9.17) is 0 Å². The normalized spacial score (nSPS) is 17.9. The summed E-state index contributed by atoms with van der Waals surface area (Å²) in [5.74, 6) is 2.12. The highest BCUT2D eigenvalue weighted by atomic mass is 15.2. The molecule has 0 N–H and O–H groups in total. The second-order valence-electron chi connectivity index (χ2n) is 10.3. The molecule has 0 atom stereocenters. The third-order valence-corrected chi connectivity index (χ3v) is 8.15. The van der Waals surface area contributed by atoms with Crippen LogP contribution in [0.1, 0.15) is 97.8 Å². The molecule has 2 fully saturated rings. The molecule has 0 saturated heterocycles. The average molecular weight is 428 g/mol. The number of aryl methyl sites for hydroxylation is 3. The molecule has 0 amide bonds. The summed E-state index contributed by atoms with van der Waals surface area (Å²) in [4.78, 5) is 0. The molecule has 2 aliphatic carbocycles. The van der Waals surface area contributed by atoms with Gasteiger partial charge in [0.15, 0.2) is 0 Å². The smallest absolute Gasteiger partial charge is 0.224 e. The van der Waals surface area contributed by atoms with E-state index in [2.05, 4.69) is 79.3 Å². The zero-order chi connectivity index (χ0) is 22.2. The molecule has 2 nitrogen and oxygen atoms in total. The topological polar surface area (TPSA) is 8.81 Å². The minimum Gasteiger partial charge on any atom is -0.224 e. The van der Waals surface area contributed by atoms with Crippen LogP contribution in [0.15, 0.2) is 42.5 Å². The van der Waals surface area contributed by atoms with Gasteiger partial charge in [0.1, 0.15) is 23.1 Å². The van der Waals surface area contributed by atoms with Crippen molar-refractivity contribution in [2.75, 3.05) is 0 Å². The van der Waals surface area contributed by atoms with Gasteiger partial charge in [0, 0.05) is 12.8 Å². The molecular weight excluding hydrogens is 388 g/mol. The van der Waals surface area contributed by atoms with Gasteiger partial charge in [0.2, 0.25) is 0 Å². The van der Waals surface area contributed by atoms with Crippen molar-refractivity contribution in [1.82, 2.24) is 4.57 Å². The standard InChI is InChI=1S/C30H39N2/c1-21-13-8-11-20-27(21)31-24(4)29(25-16-6-5-7-17-25)32(26-18-9-10-19-26)30(31)28-22(2)14-12-15-23(28)3/h8,11-15,20,25-26H,5-7,9-10,16-19H2,1-4H3/q+1. The molecule has 3 aromatic rings. The Morgan fingerprint density at radius 3 is 1.94 bits per heavy atom. The van der Waals surface area contributed by atoms with E-state index in [1.54, 1.807) is 5.69 Å². The molecule has 2 saturated carbocycles. The third kappa shape index (κ3) is 3.62. The molecule has 168 valence electrons. The molecule has 5 rings (SSSR count). The van der Waals surface area contributed by atoms with Crippen molar-refractivity contribution in [3.05, 3.63) is 70.5 Å². The Bertz CT molecular complexity index is 1090. The van der Waals surface area contributed by atoms with Crippen molar-refractivity contribution in [3.63, 3.8) is 0 Å². The molecule has 0 aliphatic heterocycles. The molecule has 0 radical (unpaired) electrons. The van der Waals surface area contributed by atoms with Crippen molar-refractivity contribution < 1.29 is 4.57 Å². The van der Waals surface area contributed by atoms with E-state index in [1.165, 1.54) is 97.2 Å². The Labute approximate surface area is 194 Å². The Kier molecular flexibility index (Phi) is 5.97. The number of rotatable bonds is 4. The number of benzene rings is 2. The maximum atomic E-state index is 2.85. The number of hydrogen-bond donors (Lipinski definition) is 0. The van der Waals surface area contributed by atoms with Gasteiger partial charge in [-0.05, 0) is 82.1 Å². The lowest BCUT2D eigenvalue weighted by atomic mass is 9.85. The molecule has 1 heterocycles. The monoisotopic (exact) mass is 427 g/mol. The van der Waals surface area contributed by atoms with Crippen LogP contribution in [0.3, 0.4) is 0 Å². The lowest BCUT2D eigenvalue weighted by Crippen LogP contribution is -2.44. The Balaban J connectivity index is 1.88. The van der Waals surface area contributed by atoms with Crippen LogP contribution in [-0.2, 0) is 0 Å². The van der Waals surface area contributed by atoms with Gasteiger partial charge < -0.3 is 0 Å². The lowest BCUT2D eigenvalue weighted by molar-refractivity contribution is -0.718. The van der Waals surface area contributed by atoms with Crippen LogP contribution in [0.5, 0.6) is 0 Å². The molecular formula is C30H39N2+. The predicted molar refractivity (Wildman–Crippen MR) is 134 cm³/mol. The van der Waals surface area contributed by atoms with Crippen LogP contribution < -0.4 is 4.57 Å². The van der Waals surface area contributed by atoms with Gasteiger partial charge in [-0.3, -0.25) is 0 Å². The van der Waals surface area contributed by atoms with Gasteiger partial charge in [-0.2, -0.15) is 4.57 Å². The molecule has 32 heavy (non-hydrogen) atoms. The SMILES string of the molecule is Cc1ccccc1-n1c(C)c(C2CCCCC2)[n+](C2CCCC2)c1-c1c(C)cccc1C. The number of hydrogen-bond acceptors (Lipinski definition) is 0. The summed E-state index contributed by atoms with van der Waals surface area (Å²) in [6.07, 6.45) is 12.2. The summed E-state index contributed by atoms with van der Waals surface area (Å²) in [6, 6.07) is 16.4. The van der Waals surface area contributed by atoms with Gasteiger partial charge in [-0.15, -0.1) is 0 Å². The van der Waals surface area contributed by atoms with Gasteiger partial charge >= 0.3 is 0 Å². The van der Waals surface area contributed by atoms with Crippen LogP contribution in [0.4, 0.5) is 0 Å². The van der Waals surface area contributed by atoms with E-state index in [9.17, 15) is 0 Å². The molecule has 1 aromatic heterocycles. The minimum absolute atomic E-state index is 0.630. The first-order valence-electron chi connectivity index (χ1n) is 12.9. The quantitative estimate of drug-likeness (QED) is 0.375. The molecule has 0 unspecified atom stereocenters. The second-order valence-corrected chi connectivity index (χ2v) is 10.3. The van der Waals surface area contributed by atoms with Crippen LogP contribution in [0, 0.1) is 27.7 Å². The summed E-state index contributed by atoms with van der Waals surface area (Å²) < 4.78 is 5.48. The first kappa shape index (κ1) is 21.5. The highest BCUT2D eigenvalue weighted by Gasteiger charge is 2.40. The third-order valence-electron chi connectivity index (χ3n) is 8.15. The highest BCUT2D eigenvalue weighted by molar-refractivity contribution is 5.66. The minimum atomic E-state index is 0.630. The Morgan fingerprint density at radius 2 is 1.28 bits per heavy atom. The van der Waals surface area contributed by atoms with Crippen LogP contribution in [0.25, 0.3) is 17.1 Å². The summed E-state index contributed by atoms with van der Waals surface area (Å²) >= 11 is 0. The number of aromatic nitrogens is 2. The van der Waals surface area contributed by atoms with Crippen LogP contribution in [-0.4, -0.2) is 4.57 Å². The van der Waals surface area contributed by atoms with Gasteiger partial charge in [0.05, 0.1) is 5.56 Å². The van der Waals surface area contributed by atoms with E-state index < -0.39 is 0 Å². The number of nitrogens with zero attached hydrogens (tertiary/aromatic N) is 2. The average Bonchev–Trinajstić information content (AvgIpc) is 3.41. The first-order chi connectivity index (χ1) is 15.6. The largest absolute Gasteiger partial charge is 0.295 e. The number of imidazole rings is 1. The molecule has 2 aliphatic rings. The summed E-state index contributed by atoms with van der Waals surface area (Å²) in [6.45, 7) is 9.26. The predicted octanol–water partition coefficient (Wildman–Crippen LogP) is 7.83. The maximum Gasteiger partial charge on any atom is 0.295 e. The summed E-state index contributed by atoms with van der Waals surface area (Å²) in [5, 5.41) is 0. The van der Waals surface area contributed by atoms with Gasteiger partial charge in [0.25, 0.3) is 5.82 Å². The van der Waals surface area contributed by atoms with E-state index >= 15 is 0 Å². The van der Waals surface area contributed by atoms with E-state index in [-0.39, 0.29) is 0 Å². The molecule has 2 aromatic carbocycles. The van der Waals surface area contributed by atoms with E-state index in [0.717, 1.165) is 0 Å². The van der Waals surface area contributed by atoms with E-state index in [0.29, 0.717) is 12.0 Å². The summed E-state index contributed by atoms with van der Waals surface area (Å²) in [7, 11) is 0. The van der Waals surface area contributed by atoms with Gasteiger partial charge in [-0.1, -0.05) is 55.7 Å². The fraction of sp³-hybridized carbons (Fsp3) is 0.500. The molecule has 2 heteroatoms. The van der Waals surface area contributed by atoms with Crippen LogP contribution >= 0.6 is 0 Å². The second kappa shape index (κ2) is 8.89. The molecule has 0 spiro atoms. The van der Waals surface area contributed by atoms with E-state index in [1.807, 2.05) is 0 Å². The van der Waals surface area contributed by atoms with Crippen molar-refractivity contribution in [3.8, 4) is 17.1 Å². The Hall–Kier alpha value is -2.35. The van der Waals surface area contributed by atoms with Crippen molar-refractivity contribution >= 4 is 0 Å². The van der Waals surface area contributed by atoms with Crippen molar-refractivity contribution in [2.45, 2.75) is 97.4 Å². The fourth-order valence-corrected chi connectivity index (χ4v) is 6.58. The Morgan fingerprint density at radius 1 is 0.688 bits per heavy atom. The molecule has 0 bridgehead atoms. The van der Waals surface area contributed by atoms with Crippen molar-refractivity contribution in [1.29, 1.82) is 0 Å². The van der Waals surface area contributed by atoms with Crippen LogP contribution in [0.2, 0.25) is 0 Å². The first-order valence-corrected chi connectivity index (χ1v) is 12.9. The lowest BCUT2D eigenvalue weighted by Gasteiger charge is -2.23. The zero-order valence-corrected chi connectivity index (χ0v) is 20.5. The summed E-state index contributed by atoms with van der Waals surface area (Å²) in [5.41, 5.74) is 10.0.